The van der Waals surface area contributed by atoms with Crippen LogP contribution in [0.1, 0.15) is 5.56 Å². The molecule has 0 aliphatic carbocycles. The Morgan fingerprint density at radius 3 is 2.53 bits per heavy atom. The van der Waals surface area contributed by atoms with Crippen LogP contribution in [0, 0.1) is 5.82 Å². The number of ether oxygens (including phenoxy) is 2. The van der Waals surface area contributed by atoms with E-state index in [1.54, 1.807) is 42.5 Å². The first-order chi connectivity index (χ1) is 17.4. The van der Waals surface area contributed by atoms with E-state index in [-0.39, 0.29) is 17.9 Å². The smallest absolute Gasteiger partial charge is 0.335 e. The zero-order valence-electron chi connectivity index (χ0n) is 19.0. The third-order valence-electron chi connectivity index (χ3n) is 5.11. The van der Waals surface area contributed by atoms with Gasteiger partial charge in [0.2, 0.25) is 0 Å². The van der Waals surface area contributed by atoms with Crippen molar-refractivity contribution < 1.29 is 33.0 Å². The highest BCUT2D eigenvalue weighted by atomic mass is 19.1. The molecule has 5 amide bonds. The molecule has 10 heteroatoms. The number of nitrogens with one attached hydrogen (secondary N) is 2. The second kappa shape index (κ2) is 10.5. The molecular weight excluding hydrogens is 469 g/mol. The van der Waals surface area contributed by atoms with Gasteiger partial charge in [-0.05, 0) is 60.2 Å². The van der Waals surface area contributed by atoms with Crippen LogP contribution in [0.5, 0.6) is 11.5 Å². The van der Waals surface area contributed by atoms with Crippen molar-refractivity contribution in [2.75, 3.05) is 23.9 Å². The highest BCUT2D eigenvalue weighted by Gasteiger charge is 2.36. The number of urea groups is 1. The SMILES string of the molecule is COc1ccccc1NC(=O)COc1cccc(/C=C2\C(=O)NC(=O)N(c3ccc(F)cc3)C2=O)c1. The Kier molecular flexibility index (Phi) is 7.05. The molecule has 1 saturated heterocycles. The Hall–Kier alpha value is -4.99. The van der Waals surface area contributed by atoms with Gasteiger partial charge in [-0.15, -0.1) is 0 Å². The van der Waals surface area contributed by atoms with Crippen molar-refractivity contribution >= 4 is 41.2 Å². The Morgan fingerprint density at radius 1 is 1.03 bits per heavy atom. The van der Waals surface area contributed by atoms with Gasteiger partial charge >= 0.3 is 6.03 Å². The van der Waals surface area contributed by atoms with Crippen LogP contribution in [0.2, 0.25) is 0 Å². The van der Waals surface area contributed by atoms with Crippen LogP contribution in [0.25, 0.3) is 6.08 Å². The third-order valence-corrected chi connectivity index (χ3v) is 5.11. The minimum Gasteiger partial charge on any atom is -0.495 e. The summed E-state index contributed by atoms with van der Waals surface area (Å²) in [5.74, 6) is -1.87. The molecule has 0 radical (unpaired) electrons. The summed E-state index contributed by atoms with van der Waals surface area (Å²) in [5.41, 5.74) is 0.721. The number of halogens is 1. The van der Waals surface area contributed by atoms with Gasteiger partial charge in [0.15, 0.2) is 6.61 Å². The second-order valence-corrected chi connectivity index (χ2v) is 7.54. The number of barbiturate groups is 1. The average Bonchev–Trinajstić information content (AvgIpc) is 2.87. The molecule has 0 unspecified atom stereocenters. The predicted octanol–water partition coefficient (Wildman–Crippen LogP) is 3.52. The summed E-state index contributed by atoms with van der Waals surface area (Å²) in [6, 6.07) is 17.1. The van der Waals surface area contributed by atoms with Crippen LogP contribution in [-0.2, 0) is 14.4 Å². The lowest BCUT2D eigenvalue weighted by molar-refractivity contribution is -0.122. The highest BCUT2D eigenvalue weighted by molar-refractivity contribution is 6.39. The van der Waals surface area contributed by atoms with Gasteiger partial charge in [-0.25, -0.2) is 14.1 Å². The van der Waals surface area contributed by atoms with E-state index in [2.05, 4.69) is 10.6 Å². The fraction of sp³-hybridized carbons (Fsp3) is 0.0769. The second-order valence-electron chi connectivity index (χ2n) is 7.54. The van der Waals surface area contributed by atoms with Gasteiger partial charge < -0.3 is 14.8 Å². The number of methoxy groups -OCH3 is 1. The summed E-state index contributed by atoms with van der Waals surface area (Å²) in [4.78, 5) is 50.6. The van der Waals surface area contributed by atoms with Crippen molar-refractivity contribution in [3.05, 3.63) is 89.8 Å². The maximum Gasteiger partial charge on any atom is 0.335 e. The van der Waals surface area contributed by atoms with E-state index in [9.17, 15) is 23.6 Å². The predicted molar refractivity (Wildman–Crippen MR) is 129 cm³/mol. The van der Waals surface area contributed by atoms with Crippen LogP contribution < -0.4 is 25.0 Å². The van der Waals surface area contributed by atoms with Crippen molar-refractivity contribution in [2.45, 2.75) is 0 Å². The van der Waals surface area contributed by atoms with Crippen molar-refractivity contribution in [1.82, 2.24) is 5.32 Å². The number of carbonyl (C=O) groups excluding carboxylic acids is 4. The molecule has 3 aromatic carbocycles. The van der Waals surface area contributed by atoms with E-state index in [0.29, 0.717) is 22.7 Å². The number of rotatable bonds is 7. The third kappa shape index (κ3) is 5.39. The van der Waals surface area contributed by atoms with E-state index in [1.807, 2.05) is 0 Å². The van der Waals surface area contributed by atoms with Crippen LogP contribution in [-0.4, -0.2) is 37.5 Å². The number of amides is 5. The molecule has 0 saturated carbocycles. The first-order valence-electron chi connectivity index (χ1n) is 10.7. The first-order valence-corrected chi connectivity index (χ1v) is 10.7. The lowest BCUT2D eigenvalue weighted by Gasteiger charge is -2.26. The van der Waals surface area contributed by atoms with Gasteiger partial charge in [0, 0.05) is 0 Å². The molecule has 1 aliphatic rings. The molecule has 2 N–H and O–H groups in total. The standard InChI is InChI=1S/C26H20FN3O6/c1-35-22-8-3-2-7-21(22)28-23(31)15-36-19-6-4-5-16(13-19)14-20-24(32)29-26(34)30(25(20)33)18-11-9-17(27)10-12-18/h2-14H,15H2,1H3,(H,28,31)(H,29,32,34)/b20-14+. The van der Waals surface area contributed by atoms with Gasteiger partial charge in [0.1, 0.15) is 22.9 Å². The summed E-state index contributed by atoms with van der Waals surface area (Å²) >= 11 is 0. The number of para-hydroxylation sites is 2. The summed E-state index contributed by atoms with van der Waals surface area (Å²) in [5, 5.41) is 4.79. The number of nitrogens with zero attached hydrogens (tertiary/aromatic N) is 1. The molecule has 1 heterocycles. The molecule has 0 spiro atoms. The van der Waals surface area contributed by atoms with E-state index >= 15 is 0 Å². The normalized spacial score (nSPS) is 14.4. The summed E-state index contributed by atoms with van der Waals surface area (Å²) in [6.45, 7) is -0.301. The summed E-state index contributed by atoms with van der Waals surface area (Å²) in [7, 11) is 1.49. The lowest BCUT2D eigenvalue weighted by Crippen LogP contribution is -2.54. The van der Waals surface area contributed by atoms with Gasteiger partial charge in [0.25, 0.3) is 17.7 Å². The van der Waals surface area contributed by atoms with Crippen molar-refractivity contribution in [3.63, 3.8) is 0 Å². The summed E-state index contributed by atoms with van der Waals surface area (Å²) < 4.78 is 24.0. The van der Waals surface area contributed by atoms with Crippen molar-refractivity contribution in [3.8, 4) is 11.5 Å². The molecule has 0 atom stereocenters. The van der Waals surface area contributed by atoms with E-state index in [0.717, 1.165) is 17.0 Å². The van der Waals surface area contributed by atoms with Crippen molar-refractivity contribution in [1.29, 1.82) is 0 Å². The molecule has 9 nitrogen and oxygen atoms in total. The van der Waals surface area contributed by atoms with Crippen LogP contribution in [0.4, 0.5) is 20.6 Å². The monoisotopic (exact) mass is 489 g/mol. The number of anilines is 2. The fourth-order valence-corrected chi connectivity index (χ4v) is 3.43. The molecule has 1 aliphatic heterocycles. The molecule has 4 rings (SSSR count). The largest absolute Gasteiger partial charge is 0.495 e. The molecule has 3 aromatic rings. The zero-order valence-corrected chi connectivity index (χ0v) is 19.0. The molecule has 182 valence electrons. The first kappa shape index (κ1) is 24.1. The Balaban J connectivity index is 1.48. The molecular formula is C26H20FN3O6. The number of hydrogen-bond acceptors (Lipinski definition) is 6. The number of benzene rings is 3. The maximum atomic E-state index is 13.3. The number of hydrogen-bond donors (Lipinski definition) is 2. The topological polar surface area (TPSA) is 114 Å². The van der Waals surface area contributed by atoms with Gasteiger partial charge in [0.05, 0.1) is 18.5 Å². The fourth-order valence-electron chi connectivity index (χ4n) is 3.43. The quantitative estimate of drug-likeness (QED) is 0.388. The lowest BCUT2D eigenvalue weighted by atomic mass is 10.1. The minimum atomic E-state index is -0.938. The van der Waals surface area contributed by atoms with Crippen molar-refractivity contribution in [2.24, 2.45) is 0 Å². The van der Waals surface area contributed by atoms with E-state index < -0.39 is 29.6 Å². The van der Waals surface area contributed by atoms with E-state index in [1.165, 1.54) is 31.4 Å². The molecule has 36 heavy (non-hydrogen) atoms. The average molecular weight is 489 g/mol. The van der Waals surface area contributed by atoms with Crippen LogP contribution >= 0.6 is 0 Å². The highest BCUT2D eigenvalue weighted by Crippen LogP contribution is 2.24. The molecule has 0 bridgehead atoms. The van der Waals surface area contributed by atoms with Gasteiger partial charge in [-0.1, -0.05) is 24.3 Å². The Morgan fingerprint density at radius 2 is 1.78 bits per heavy atom. The van der Waals surface area contributed by atoms with E-state index in [4.69, 9.17) is 9.47 Å². The van der Waals surface area contributed by atoms with Crippen LogP contribution in [0.3, 0.4) is 0 Å². The number of carbonyl (C=O) groups is 4. The Labute approximate surface area is 205 Å². The number of imide groups is 2. The minimum absolute atomic E-state index is 0.107. The van der Waals surface area contributed by atoms with Gasteiger partial charge in [-0.3, -0.25) is 19.7 Å². The van der Waals surface area contributed by atoms with Crippen LogP contribution in [0.15, 0.2) is 78.4 Å². The molecule has 1 fully saturated rings. The zero-order chi connectivity index (χ0) is 25.7. The maximum absolute atomic E-state index is 13.3. The Bertz CT molecular complexity index is 1370. The molecule has 0 aromatic heterocycles. The van der Waals surface area contributed by atoms with Gasteiger partial charge in [-0.2, -0.15) is 0 Å². The summed E-state index contributed by atoms with van der Waals surface area (Å²) in [6.07, 6.45) is 1.29.